The van der Waals surface area contributed by atoms with E-state index in [1.807, 2.05) is 37.5 Å². The van der Waals surface area contributed by atoms with Gasteiger partial charge < -0.3 is 9.36 Å². The Balaban J connectivity index is 1.81. The highest BCUT2D eigenvalue weighted by Gasteiger charge is 2.10. The van der Waals surface area contributed by atoms with Gasteiger partial charge in [0.1, 0.15) is 12.1 Å². The summed E-state index contributed by atoms with van der Waals surface area (Å²) in [6.45, 7) is 3.04. The van der Waals surface area contributed by atoms with E-state index in [4.69, 9.17) is 0 Å². The van der Waals surface area contributed by atoms with Gasteiger partial charge in [-0.25, -0.2) is 4.98 Å². The molecule has 106 valence electrons. The summed E-state index contributed by atoms with van der Waals surface area (Å²) < 4.78 is 2.18. The molecule has 0 aliphatic heterocycles. The molecular formula is C17H22N2O. The maximum Gasteiger partial charge on any atom is 0.120 e. The first kappa shape index (κ1) is 14.5. The van der Waals surface area contributed by atoms with Crippen LogP contribution in [0.5, 0.6) is 0 Å². The van der Waals surface area contributed by atoms with Gasteiger partial charge in [-0.05, 0) is 31.2 Å². The summed E-state index contributed by atoms with van der Waals surface area (Å²) in [4.78, 5) is 15.1. The van der Waals surface area contributed by atoms with Crippen molar-refractivity contribution in [2.75, 3.05) is 0 Å². The summed E-state index contributed by atoms with van der Waals surface area (Å²) in [5, 5.41) is 0. The number of carbonyl (C=O) groups is 1. The van der Waals surface area contributed by atoms with Crippen LogP contribution in [0.3, 0.4) is 0 Å². The summed E-state index contributed by atoms with van der Waals surface area (Å²) in [7, 11) is 0. The van der Waals surface area contributed by atoms with Crippen molar-refractivity contribution in [2.45, 2.75) is 45.1 Å². The molecule has 0 fully saturated rings. The molecule has 3 heteroatoms. The molecular weight excluding hydrogens is 248 g/mol. The van der Waals surface area contributed by atoms with Crippen molar-refractivity contribution in [3.63, 3.8) is 0 Å². The largest absolute Gasteiger partial charge is 0.335 e. The normalized spacial score (nSPS) is 12.2. The van der Waals surface area contributed by atoms with E-state index in [0.29, 0.717) is 12.3 Å². The van der Waals surface area contributed by atoms with E-state index >= 15 is 0 Å². The van der Waals surface area contributed by atoms with Crippen LogP contribution >= 0.6 is 0 Å². The summed E-state index contributed by atoms with van der Waals surface area (Å²) in [6.07, 6.45) is 8.84. The number of rotatable bonds is 8. The summed E-state index contributed by atoms with van der Waals surface area (Å²) in [5.41, 5.74) is 1.28. The van der Waals surface area contributed by atoms with E-state index in [-0.39, 0.29) is 0 Å². The molecule has 0 N–H and O–H groups in total. The highest BCUT2D eigenvalue weighted by Crippen LogP contribution is 2.24. The molecule has 2 aromatic rings. The predicted octanol–water partition coefficient (Wildman–Crippen LogP) is 3.73. The Hall–Kier alpha value is -1.90. The number of aromatic nitrogens is 2. The third-order valence-corrected chi connectivity index (χ3v) is 3.78. The second kappa shape index (κ2) is 7.63. The van der Waals surface area contributed by atoms with Crippen molar-refractivity contribution in [1.29, 1.82) is 0 Å². The molecule has 0 amide bonds. The fourth-order valence-electron chi connectivity index (χ4n) is 2.57. The highest BCUT2D eigenvalue weighted by atomic mass is 16.1. The van der Waals surface area contributed by atoms with Crippen molar-refractivity contribution >= 4 is 6.29 Å². The molecule has 3 nitrogen and oxygen atoms in total. The van der Waals surface area contributed by atoms with E-state index in [1.54, 1.807) is 0 Å². The van der Waals surface area contributed by atoms with Crippen molar-refractivity contribution < 1.29 is 4.79 Å². The molecule has 2 rings (SSSR count). The van der Waals surface area contributed by atoms with Crippen LogP contribution in [-0.2, 0) is 11.3 Å². The zero-order valence-electron chi connectivity index (χ0n) is 12.0. The number of hydrogen-bond donors (Lipinski definition) is 0. The maximum atomic E-state index is 10.8. The molecule has 0 spiro atoms. The molecule has 0 aliphatic rings. The number of nitrogens with zero attached hydrogens (tertiary/aromatic N) is 2. The van der Waals surface area contributed by atoms with E-state index in [9.17, 15) is 4.79 Å². The fraction of sp³-hybridized carbons (Fsp3) is 0.412. The van der Waals surface area contributed by atoms with Crippen molar-refractivity contribution in [3.05, 3.63) is 54.1 Å². The third kappa shape index (κ3) is 4.05. The van der Waals surface area contributed by atoms with Gasteiger partial charge in [-0.15, -0.1) is 0 Å². The standard InChI is InChI=1S/C17H22N2O/c1-15-18-11-13-19(15)12-6-5-9-17(10-14-20)16-7-3-2-4-8-16/h2-4,7-8,11,13-14,17H,5-6,9-10,12H2,1H3. The molecule has 1 unspecified atom stereocenters. The van der Waals surface area contributed by atoms with Crippen LogP contribution in [0, 0.1) is 6.92 Å². The number of carbonyl (C=O) groups excluding carboxylic acids is 1. The molecule has 0 aliphatic carbocycles. The van der Waals surface area contributed by atoms with Crippen LogP contribution in [0.4, 0.5) is 0 Å². The van der Waals surface area contributed by atoms with Crippen molar-refractivity contribution in [1.82, 2.24) is 9.55 Å². The topological polar surface area (TPSA) is 34.9 Å². The van der Waals surface area contributed by atoms with Crippen LogP contribution in [0.1, 0.15) is 43.0 Å². The van der Waals surface area contributed by atoms with E-state index in [0.717, 1.165) is 37.9 Å². The lowest BCUT2D eigenvalue weighted by Crippen LogP contribution is -2.03. The van der Waals surface area contributed by atoms with Crippen LogP contribution in [0.2, 0.25) is 0 Å². The first-order valence-electron chi connectivity index (χ1n) is 7.27. The number of benzene rings is 1. The Morgan fingerprint density at radius 1 is 1.25 bits per heavy atom. The molecule has 1 aromatic heterocycles. The minimum absolute atomic E-state index is 0.359. The molecule has 0 bridgehead atoms. The Kier molecular flexibility index (Phi) is 5.54. The Bertz CT molecular complexity index is 519. The third-order valence-electron chi connectivity index (χ3n) is 3.78. The monoisotopic (exact) mass is 270 g/mol. The van der Waals surface area contributed by atoms with E-state index < -0.39 is 0 Å². The minimum atomic E-state index is 0.359. The first-order chi connectivity index (χ1) is 9.81. The number of hydrogen-bond acceptors (Lipinski definition) is 2. The molecule has 20 heavy (non-hydrogen) atoms. The zero-order chi connectivity index (χ0) is 14.2. The summed E-state index contributed by atoms with van der Waals surface area (Å²) >= 11 is 0. The van der Waals surface area contributed by atoms with Gasteiger partial charge in [-0.3, -0.25) is 0 Å². The van der Waals surface area contributed by atoms with Crippen molar-refractivity contribution in [3.8, 4) is 0 Å². The average Bonchev–Trinajstić information content (AvgIpc) is 2.89. The first-order valence-corrected chi connectivity index (χ1v) is 7.27. The molecule has 1 aromatic carbocycles. The molecule has 0 saturated carbocycles. The van der Waals surface area contributed by atoms with Gasteiger partial charge in [0.25, 0.3) is 0 Å². The molecule has 0 saturated heterocycles. The van der Waals surface area contributed by atoms with Gasteiger partial charge in [-0.2, -0.15) is 0 Å². The van der Waals surface area contributed by atoms with Gasteiger partial charge in [0.05, 0.1) is 0 Å². The van der Waals surface area contributed by atoms with Gasteiger partial charge >= 0.3 is 0 Å². The summed E-state index contributed by atoms with van der Waals surface area (Å²) in [5.74, 6) is 1.43. The zero-order valence-corrected chi connectivity index (χ0v) is 12.0. The lowest BCUT2D eigenvalue weighted by molar-refractivity contribution is -0.108. The van der Waals surface area contributed by atoms with Crippen LogP contribution in [-0.4, -0.2) is 15.8 Å². The summed E-state index contributed by atoms with van der Waals surface area (Å²) in [6, 6.07) is 10.3. The average molecular weight is 270 g/mol. The van der Waals surface area contributed by atoms with Crippen LogP contribution in [0.15, 0.2) is 42.7 Å². The lowest BCUT2D eigenvalue weighted by Gasteiger charge is -2.14. The quantitative estimate of drug-likeness (QED) is 0.541. The minimum Gasteiger partial charge on any atom is -0.335 e. The Morgan fingerprint density at radius 3 is 2.70 bits per heavy atom. The maximum absolute atomic E-state index is 10.8. The highest BCUT2D eigenvalue weighted by molar-refractivity contribution is 5.51. The fourth-order valence-corrected chi connectivity index (χ4v) is 2.57. The second-order valence-corrected chi connectivity index (χ2v) is 5.17. The van der Waals surface area contributed by atoms with Gasteiger partial charge in [0.2, 0.25) is 0 Å². The van der Waals surface area contributed by atoms with Gasteiger partial charge in [0, 0.05) is 25.4 Å². The Labute approximate surface area is 120 Å². The molecule has 1 atom stereocenters. The molecule has 0 radical (unpaired) electrons. The SMILES string of the molecule is Cc1nccn1CCCCC(CC=O)c1ccccc1. The number of aldehydes is 1. The van der Waals surface area contributed by atoms with E-state index in [2.05, 4.69) is 21.7 Å². The molecule has 1 heterocycles. The Morgan fingerprint density at radius 2 is 2.05 bits per heavy atom. The number of aryl methyl sites for hydroxylation is 2. The van der Waals surface area contributed by atoms with E-state index in [1.165, 1.54) is 5.56 Å². The lowest BCUT2D eigenvalue weighted by atomic mass is 9.91. The predicted molar refractivity (Wildman–Crippen MR) is 80.7 cm³/mol. The second-order valence-electron chi connectivity index (χ2n) is 5.17. The number of unbranched alkanes of at least 4 members (excludes halogenated alkanes) is 1. The van der Waals surface area contributed by atoms with Gasteiger partial charge in [-0.1, -0.05) is 36.8 Å². The number of imidazole rings is 1. The van der Waals surface area contributed by atoms with Crippen LogP contribution in [0.25, 0.3) is 0 Å². The van der Waals surface area contributed by atoms with Gasteiger partial charge in [0.15, 0.2) is 0 Å². The van der Waals surface area contributed by atoms with Crippen molar-refractivity contribution in [2.24, 2.45) is 0 Å². The van der Waals surface area contributed by atoms with Crippen LogP contribution < -0.4 is 0 Å². The smallest absolute Gasteiger partial charge is 0.120 e.